The Morgan fingerprint density at radius 3 is 2.50 bits per heavy atom. The number of amidine groups is 1. The van der Waals surface area contributed by atoms with E-state index in [1.54, 1.807) is 0 Å². The summed E-state index contributed by atoms with van der Waals surface area (Å²) in [5.74, 6) is -1.56. The van der Waals surface area contributed by atoms with Crippen LogP contribution in [-0.2, 0) is 19.9 Å². The largest absolute Gasteiger partial charge is 0.409 e. The number of halogens is 1. The predicted molar refractivity (Wildman–Crippen MR) is 68.1 cm³/mol. The maximum Gasteiger partial charge on any atom is 0.243 e. The number of nitrogens with two attached hydrogens (primary N) is 1. The molecule has 11 heteroatoms. The lowest BCUT2D eigenvalue weighted by atomic mass is 10.3. The SMILES string of the molecule is CS(=O)(=O)c1ccc(F)c(S(=O)(=O)NC/C(N)=N/O)c1. The highest BCUT2D eigenvalue weighted by atomic mass is 32.2. The molecular formula is C9H12FN3O5S2. The smallest absolute Gasteiger partial charge is 0.243 e. The molecule has 0 bridgehead atoms. The van der Waals surface area contributed by atoms with Crippen molar-refractivity contribution in [3.8, 4) is 0 Å². The van der Waals surface area contributed by atoms with E-state index in [-0.39, 0.29) is 4.90 Å². The summed E-state index contributed by atoms with van der Waals surface area (Å²) in [6, 6.07) is 2.38. The van der Waals surface area contributed by atoms with Gasteiger partial charge in [0.2, 0.25) is 10.0 Å². The summed E-state index contributed by atoms with van der Waals surface area (Å²) < 4.78 is 61.7. The van der Waals surface area contributed by atoms with Gasteiger partial charge < -0.3 is 10.9 Å². The van der Waals surface area contributed by atoms with E-state index >= 15 is 0 Å². The first-order chi connectivity index (χ1) is 9.08. The molecule has 0 spiro atoms. The van der Waals surface area contributed by atoms with Crippen molar-refractivity contribution in [1.82, 2.24) is 4.72 Å². The van der Waals surface area contributed by atoms with E-state index in [1.807, 2.05) is 4.72 Å². The third kappa shape index (κ3) is 3.88. The van der Waals surface area contributed by atoms with Gasteiger partial charge in [-0.05, 0) is 18.2 Å². The lowest BCUT2D eigenvalue weighted by molar-refractivity contribution is 0.317. The van der Waals surface area contributed by atoms with Gasteiger partial charge in [-0.2, -0.15) is 0 Å². The fourth-order valence-corrected chi connectivity index (χ4v) is 3.02. The van der Waals surface area contributed by atoms with E-state index in [9.17, 15) is 21.2 Å². The van der Waals surface area contributed by atoms with Crippen LogP contribution in [0, 0.1) is 5.82 Å². The Hall–Kier alpha value is -1.72. The molecule has 0 amide bonds. The van der Waals surface area contributed by atoms with Gasteiger partial charge in [-0.3, -0.25) is 0 Å². The fourth-order valence-electron chi connectivity index (χ4n) is 1.20. The van der Waals surface area contributed by atoms with Gasteiger partial charge in [-0.1, -0.05) is 5.16 Å². The zero-order valence-corrected chi connectivity index (χ0v) is 11.9. The Labute approximate surface area is 115 Å². The fraction of sp³-hybridized carbons (Fsp3) is 0.222. The molecule has 0 saturated heterocycles. The van der Waals surface area contributed by atoms with Gasteiger partial charge in [0.1, 0.15) is 10.7 Å². The first-order valence-corrected chi connectivity index (χ1v) is 8.41. The number of sulfone groups is 1. The van der Waals surface area contributed by atoms with E-state index in [2.05, 4.69) is 5.16 Å². The zero-order chi connectivity index (χ0) is 15.6. The molecule has 0 aliphatic rings. The summed E-state index contributed by atoms with van der Waals surface area (Å²) in [4.78, 5) is -1.19. The van der Waals surface area contributed by atoms with Crippen LogP contribution < -0.4 is 10.5 Å². The Morgan fingerprint density at radius 1 is 1.40 bits per heavy atom. The van der Waals surface area contributed by atoms with Gasteiger partial charge in [0.15, 0.2) is 15.7 Å². The average molecular weight is 325 g/mol. The maximum atomic E-state index is 13.5. The summed E-state index contributed by atoms with van der Waals surface area (Å²) in [6.45, 7) is -0.554. The van der Waals surface area contributed by atoms with Gasteiger partial charge in [0.05, 0.1) is 11.4 Å². The van der Waals surface area contributed by atoms with Crippen molar-refractivity contribution in [3.05, 3.63) is 24.0 Å². The van der Waals surface area contributed by atoms with Crippen LogP contribution in [0.4, 0.5) is 4.39 Å². The molecule has 0 aliphatic carbocycles. The quantitative estimate of drug-likeness (QED) is 0.214. The second-order valence-corrected chi connectivity index (χ2v) is 7.53. The molecule has 0 atom stereocenters. The molecule has 4 N–H and O–H groups in total. The second-order valence-electron chi connectivity index (χ2n) is 3.78. The van der Waals surface area contributed by atoms with Gasteiger partial charge in [-0.15, -0.1) is 0 Å². The van der Waals surface area contributed by atoms with E-state index in [0.29, 0.717) is 6.07 Å². The second kappa shape index (κ2) is 5.73. The predicted octanol–water partition coefficient (Wildman–Crippen LogP) is -0.746. The molecular weight excluding hydrogens is 313 g/mol. The van der Waals surface area contributed by atoms with E-state index < -0.39 is 43.0 Å². The molecule has 0 aliphatic heterocycles. The molecule has 0 fully saturated rings. The topological polar surface area (TPSA) is 139 Å². The summed E-state index contributed by atoms with van der Waals surface area (Å²) in [5, 5.41) is 10.8. The molecule has 0 saturated carbocycles. The summed E-state index contributed by atoms with van der Waals surface area (Å²) in [6.07, 6.45) is 0.862. The minimum absolute atomic E-state index is 0.344. The molecule has 0 heterocycles. The van der Waals surface area contributed by atoms with Crippen molar-refractivity contribution in [3.63, 3.8) is 0 Å². The molecule has 20 heavy (non-hydrogen) atoms. The summed E-state index contributed by atoms with van der Waals surface area (Å²) >= 11 is 0. The molecule has 1 aromatic carbocycles. The number of hydrogen-bond acceptors (Lipinski definition) is 6. The van der Waals surface area contributed by atoms with Gasteiger partial charge in [-0.25, -0.2) is 25.9 Å². The Balaban J connectivity index is 3.25. The molecule has 0 aromatic heterocycles. The molecule has 112 valence electrons. The van der Waals surface area contributed by atoms with Crippen LogP contribution in [0.25, 0.3) is 0 Å². The first-order valence-electron chi connectivity index (χ1n) is 5.03. The number of rotatable bonds is 5. The first kappa shape index (κ1) is 16.3. The minimum atomic E-state index is -4.34. The summed E-state index contributed by atoms with van der Waals surface area (Å²) in [7, 11) is -8.03. The molecule has 1 rings (SSSR count). The van der Waals surface area contributed by atoms with Gasteiger partial charge in [0, 0.05) is 6.26 Å². The van der Waals surface area contributed by atoms with Crippen LogP contribution in [0.15, 0.2) is 33.1 Å². The third-order valence-corrected chi connectivity index (χ3v) is 4.72. The number of sulfonamides is 1. The van der Waals surface area contributed by atoms with E-state index in [0.717, 1.165) is 18.4 Å². The van der Waals surface area contributed by atoms with Crippen LogP contribution in [0.2, 0.25) is 0 Å². The van der Waals surface area contributed by atoms with Crippen LogP contribution >= 0.6 is 0 Å². The number of nitrogens with one attached hydrogen (secondary N) is 1. The zero-order valence-electron chi connectivity index (χ0n) is 10.2. The third-order valence-electron chi connectivity index (χ3n) is 2.19. The number of hydrogen-bond donors (Lipinski definition) is 3. The highest BCUT2D eigenvalue weighted by Gasteiger charge is 2.22. The van der Waals surface area contributed by atoms with Crippen molar-refractivity contribution < 1.29 is 26.4 Å². The van der Waals surface area contributed by atoms with E-state index in [1.165, 1.54) is 0 Å². The lowest BCUT2D eigenvalue weighted by Gasteiger charge is -2.08. The number of benzene rings is 1. The van der Waals surface area contributed by atoms with Crippen LogP contribution in [0.3, 0.4) is 0 Å². The molecule has 1 aromatic rings. The Kier molecular flexibility index (Phi) is 4.68. The van der Waals surface area contributed by atoms with Gasteiger partial charge in [0.25, 0.3) is 0 Å². The number of oxime groups is 1. The van der Waals surface area contributed by atoms with Crippen molar-refractivity contribution in [2.45, 2.75) is 9.79 Å². The summed E-state index contributed by atoms with van der Waals surface area (Å²) in [5.41, 5.74) is 5.08. The average Bonchev–Trinajstić information content (AvgIpc) is 2.34. The normalized spacial score (nSPS) is 13.4. The van der Waals surface area contributed by atoms with Crippen LogP contribution in [0.5, 0.6) is 0 Å². The Morgan fingerprint density at radius 2 is 2.00 bits per heavy atom. The van der Waals surface area contributed by atoms with Gasteiger partial charge >= 0.3 is 0 Å². The molecule has 8 nitrogen and oxygen atoms in total. The van der Waals surface area contributed by atoms with E-state index in [4.69, 9.17) is 10.9 Å². The van der Waals surface area contributed by atoms with Crippen molar-refractivity contribution >= 4 is 25.7 Å². The minimum Gasteiger partial charge on any atom is -0.409 e. The van der Waals surface area contributed by atoms with Crippen LogP contribution in [-0.4, -0.2) is 40.7 Å². The number of nitrogens with zero attached hydrogens (tertiary/aromatic N) is 1. The molecule has 0 radical (unpaired) electrons. The van der Waals surface area contributed by atoms with Crippen molar-refractivity contribution in [1.29, 1.82) is 0 Å². The lowest BCUT2D eigenvalue weighted by Crippen LogP contribution is -2.34. The highest BCUT2D eigenvalue weighted by molar-refractivity contribution is 7.91. The maximum absolute atomic E-state index is 13.5. The Bertz CT molecular complexity index is 743. The van der Waals surface area contributed by atoms with Crippen molar-refractivity contribution in [2.24, 2.45) is 10.9 Å². The van der Waals surface area contributed by atoms with Crippen LogP contribution in [0.1, 0.15) is 0 Å². The monoisotopic (exact) mass is 325 g/mol. The van der Waals surface area contributed by atoms with Crippen molar-refractivity contribution in [2.75, 3.05) is 12.8 Å². The molecule has 0 unspecified atom stereocenters. The standard InChI is InChI=1S/C9H12FN3O5S2/c1-19(15,16)6-2-3-7(10)8(4-6)20(17,18)12-5-9(11)13-14/h2-4,12,14H,5H2,1H3,(H2,11,13). The highest BCUT2D eigenvalue weighted by Crippen LogP contribution is 2.19.